The highest BCUT2D eigenvalue weighted by Gasteiger charge is 2.21. The summed E-state index contributed by atoms with van der Waals surface area (Å²) in [4.78, 5) is 15.7. The Labute approximate surface area is 306 Å². The zero-order valence-electron chi connectivity index (χ0n) is 28.6. The van der Waals surface area contributed by atoms with Crippen LogP contribution in [0.3, 0.4) is 0 Å². The second-order valence-electron chi connectivity index (χ2n) is 13.2. The molecule has 0 aliphatic carbocycles. The fourth-order valence-electron chi connectivity index (χ4n) is 7.30. The van der Waals surface area contributed by atoms with Crippen LogP contribution in [0, 0.1) is 0 Å². The van der Waals surface area contributed by atoms with E-state index in [0.717, 1.165) is 82.8 Å². The van der Waals surface area contributed by atoms with Gasteiger partial charge in [-0.25, -0.2) is 15.0 Å². The van der Waals surface area contributed by atoms with Crippen LogP contribution in [0.25, 0.3) is 100 Å². The van der Waals surface area contributed by atoms with E-state index in [-0.39, 0.29) is 0 Å². The molecule has 0 bridgehead atoms. The van der Waals surface area contributed by atoms with Gasteiger partial charge in [-0.15, -0.1) is 0 Å². The van der Waals surface area contributed by atoms with Crippen molar-refractivity contribution in [2.24, 2.45) is 0 Å². The highest BCUT2D eigenvalue weighted by Crippen LogP contribution is 2.42. The van der Waals surface area contributed by atoms with Crippen LogP contribution in [0.15, 0.2) is 192 Å². The number of nitrogens with zero attached hydrogens (tertiary/aromatic N) is 3. The van der Waals surface area contributed by atoms with Crippen LogP contribution in [-0.4, -0.2) is 15.0 Å². The standard InChI is InChI=1S/C49H31N3O/c1-4-14-32(15-5-1)35-20-12-22-38(28-35)47-50-48(39-23-13-21-36(29-39)33-16-6-2-7-17-33)52-49(51-47)43-31-40-30-37(34-18-8-3-9-19-34)26-27-41(40)46-45(43)42-24-10-11-25-44(42)53-46/h1-31H. The van der Waals surface area contributed by atoms with Gasteiger partial charge in [0.25, 0.3) is 0 Å². The van der Waals surface area contributed by atoms with Gasteiger partial charge in [0.15, 0.2) is 17.5 Å². The molecule has 2 heterocycles. The third-order valence-corrected chi connectivity index (χ3v) is 9.90. The molecule has 0 amide bonds. The lowest BCUT2D eigenvalue weighted by Crippen LogP contribution is -2.01. The minimum Gasteiger partial charge on any atom is -0.455 e. The molecule has 0 fully saturated rings. The summed E-state index contributed by atoms with van der Waals surface area (Å²) in [5.74, 6) is 1.79. The predicted octanol–water partition coefficient (Wildman–Crippen LogP) is 12.9. The average Bonchev–Trinajstić information content (AvgIpc) is 3.64. The van der Waals surface area contributed by atoms with Crippen molar-refractivity contribution in [3.05, 3.63) is 188 Å². The molecule has 0 N–H and O–H groups in total. The minimum absolute atomic E-state index is 0.587. The number of benzene rings is 8. The molecule has 10 aromatic rings. The molecular weight excluding hydrogens is 647 g/mol. The summed E-state index contributed by atoms with van der Waals surface area (Å²) < 4.78 is 6.66. The van der Waals surface area contributed by atoms with Crippen LogP contribution in [0.1, 0.15) is 0 Å². The van der Waals surface area contributed by atoms with E-state index in [1.807, 2.05) is 30.3 Å². The molecule has 8 aromatic carbocycles. The normalized spacial score (nSPS) is 11.4. The van der Waals surface area contributed by atoms with Gasteiger partial charge in [0.1, 0.15) is 11.2 Å². The van der Waals surface area contributed by atoms with Crippen molar-refractivity contribution in [2.45, 2.75) is 0 Å². The van der Waals surface area contributed by atoms with E-state index >= 15 is 0 Å². The highest BCUT2D eigenvalue weighted by molar-refractivity contribution is 6.21. The predicted molar refractivity (Wildman–Crippen MR) is 217 cm³/mol. The van der Waals surface area contributed by atoms with Crippen LogP contribution < -0.4 is 0 Å². The van der Waals surface area contributed by atoms with Crippen molar-refractivity contribution >= 4 is 32.7 Å². The van der Waals surface area contributed by atoms with E-state index in [4.69, 9.17) is 19.4 Å². The SMILES string of the molecule is c1ccc(-c2cccc(-c3nc(-c4cccc(-c5ccccc5)c4)nc(-c4cc5cc(-c6ccccc6)ccc5c5oc6ccccc6c45)n3)c2)cc1. The van der Waals surface area contributed by atoms with Crippen molar-refractivity contribution in [2.75, 3.05) is 0 Å². The molecule has 0 atom stereocenters. The maximum absolute atomic E-state index is 6.66. The summed E-state index contributed by atoms with van der Waals surface area (Å²) >= 11 is 0. The maximum atomic E-state index is 6.66. The first kappa shape index (κ1) is 30.6. The molecule has 0 aliphatic rings. The molecule has 4 heteroatoms. The van der Waals surface area contributed by atoms with Gasteiger partial charge in [-0.1, -0.05) is 152 Å². The lowest BCUT2D eigenvalue weighted by atomic mass is 9.96. The topological polar surface area (TPSA) is 51.8 Å². The van der Waals surface area contributed by atoms with Gasteiger partial charge in [-0.05, 0) is 75.2 Å². The van der Waals surface area contributed by atoms with Crippen molar-refractivity contribution < 1.29 is 4.42 Å². The Hall–Kier alpha value is -7.17. The molecule has 0 saturated heterocycles. The number of fused-ring (bicyclic) bond motifs is 5. The molecular formula is C49H31N3O. The quantitative estimate of drug-likeness (QED) is 0.176. The van der Waals surface area contributed by atoms with Gasteiger partial charge in [0.2, 0.25) is 0 Å². The highest BCUT2D eigenvalue weighted by atomic mass is 16.3. The number of furan rings is 1. The number of rotatable bonds is 6. The van der Waals surface area contributed by atoms with E-state index in [1.54, 1.807) is 0 Å². The smallest absolute Gasteiger partial charge is 0.164 e. The maximum Gasteiger partial charge on any atom is 0.164 e. The van der Waals surface area contributed by atoms with Crippen molar-refractivity contribution in [3.63, 3.8) is 0 Å². The minimum atomic E-state index is 0.587. The third kappa shape index (κ3) is 5.63. The number of aromatic nitrogens is 3. The first-order chi connectivity index (χ1) is 26.2. The molecule has 2 aromatic heterocycles. The molecule has 10 rings (SSSR count). The van der Waals surface area contributed by atoms with Crippen LogP contribution in [-0.2, 0) is 0 Å². The molecule has 4 nitrogen and oxygen atoms in total. The van der Waals surface area contributed by atoms with Crippen molar-refractivity contribution in [1.29, 1.82) is 0 Å². The summed E-state index contributed by atoms with van der Waals surface area (Å²) in [6.07, 6.45) is 0. The largest absolute Gasteiger partial charge is 0.455 e. The van der Waals surface area contributed by atoms with Gasteiger partial charge < -0.3 is 4.42 Å². The first-order valence-corrected chi connectivity index (χ1v) is 17.8. The summed E-state index contributed by atoms with van der Waals surface area (Å²) in [5, 5.41) is 4.10. The second kappa shape index (κ2) is 12.9. The van der Waals surface area contributed by atoms with Crippen molar-refractivity contribution in [3.8, 4) is 67.5 Å². The number of para-hydroxylation sites is 1. The van der Waals surface area contributed by atoms with Gasteiger partial charge in [-0.2, -0.15) is 0 Å². The fraction of sp³-hybridized carbons (Fsp3) is 0. The number of hydrogen-bond acceptors (Lipinski definition) is 4. The van der Waals surface area contributed by atoms with E-state index < -0.39 is 0 Å². The van der Waals surface area contributed by atoms with E-state index in [2.05, 4.69) is 158 Å². The Morgan fingerprint density at radius 3 is 1.38 bits per heavy atom. The van der Waals surface area contributed by atoms with Crippen LogP contribution in [0.4, 0.5) is 0 Å². The average molecular weight is 678 g/mol. The van der Waals surface area contributed by atoms with Gasteiger partial charge in [0, 0.05) is 32.8 Å². The fourth-order valence-corrected chi connectivity index (χ4v) is 7.30. The summed E-state index contributed by atoms with van der Waals surface area (Å²) in [7, 11) is 0. The van der Waals surface area contributed by atoms with E-state index in [0.29, 0.717) is 17.5 Å². The summed E-state index contributed by atoms with van der Waals surface area (Å²) in [5.41, 5.74) is 11.1. The van der Waals surface area contributed by atoms with E-state index in [1.165, 1.54) is 0 Å². The Morgan fingerprint density at radius 1 is 0.321 bits per heavy atom. The van der Waals surface area contributed by atoms with E-state index in [9.17, 15) is 0 Å². The van der Waals surface area contributed by atoms with Crippen LogP contribution in [0.5, 0.6) is 0 Å². The lowest BCUT2D eigenvalue weighted by Gasteiger charge is -2.12. The van der Waals surface area contributed by atoms with Gasteiger partial charge in [0.05, 0.1) is 0 Å². The second-order valence-corrected chi connectivity index (χ2v) is 13.2. The Morgan fingerprint density at radius 2 is 0.792 bits per heavy atom. The van der Waals surface area contributed by atoms with Crippen LogP contribution >= 0.6 is 0 Å². The molecule has 248 valence electrons. The number of hydrogen-bond donors (Lipinski definition) is 0. The first-order valence-electron chi connectivity index (χ1n) is 17.8. The zero-order valence-corrected chi connectivity index (χ0v) is 28.6. The third-order valence-electron chi connectivity index (χ3n) is 9.90. The Balaban J connectivity index is 1.24. The summed E-state index contributed by atoms with van der Waals surface area (Å²) in [6, 6.07) is 65.1. The molecule has 0 spiro atoms. The summed E-state index contributed by atoms with van der Waals surface area (Å²) in [6.45, 7) is 0. The lowest BCUT2D eigenvalue weighted by molar-refractivity contribution is 0.672. The monoisotopic (exact) mass is 677 g/mol. The molecule has 0 aliphatic heterocycles. The van der Waals surface area contributed by atoms with Gasteiger partial charge >= 0.3 is 0 Å². The molecule has 53 heavy (non-hydrogen) atoms. The molecule has 0 unspecified atom stereocenters. The molecule has 0 radical (unpaired) electrons. The Kier molecular flexibility index (Phi) is 7.43. The Bertz CT molecular complexity index is 2830. The van der Waals surface area contributed by atoms with Gasteiger partial charge in [-0.3, -0.25) is 0 Å². The van der Waals surface area contributed by atoms with Crippen LogP contribution in [0.2, 0.25) is 0 Å². The molecule has 0 saturated carbocycles. The zero-order chi connectivity index (χ0) is 35.1. The van der Waals surface area contributed by atoms with Crippen molar-refractivity contribution in [1.82, 2.24) is 15.0 Å².